The van der Waals surface area contributed by atoms with Crippen LogP contribution in [-0.2, 0) is 26.9 Å². The lowest BCUT2D eigenvalue weighted by Gasteiger charge is -2.14. The Hall–Kier alpha value is -2.14. The molecule has 0 aromatic carbocycles. The van der Waals surface area contributed by atoms with E-state index < -0.39 is 34.8 Å². The topological polar surface area (TPSA) is 86.1 Å². The van der Waals surface area contributed by atoms with Crippen molar-refractivity contribution in [2.75, 3.05) is 11.9 Å². The summed E-state index contributed by atoms with van der Waals surface area (Å²) < 4.78 is 45.5. The lowest BCUT2D eigenvalue weighted by Crippen LogP contribution is -2.26. The van der Waals surface area contributed by atoms with Gasteiger partial charge in [0.15, 0.2) is 10.8 Å². The van der Waals surface area contributed by atoms with Crippen LogP contribution in [0.25, 0.3) is 0 Å². The van der Waals surface area contributed by atoms with E-state index in [4.69, 9.17) is 16.3 Å². The molecule has 7 nitrogen and oxygen atoms in total. The van der Waals surface area contributed by atoms with E-state index in [-0.39, 0.29) is 29.8 Å². The fourth-order valence-electron chi connectivity index (χ4n) is 2.75. The molecular weight excluding hydrogens is 433 g/mol. The number of ether oxygens (including phenoxy) is 1. The molecule has 12 heteroatoms. The maximum atomic E-state index is 13.2. The van der Waals surface area contributed by atoms with Gasteiger partial charge in [0, 0.05) is 11.3 Å². The molecule has 2 aromatic rings. The van der Waals surface area contributed by atoms with Crippen LogP contribution in [0, 0.1) is 0 Å². The van der Waals surface area contributed by atoms with Crippen LogP contribution in [0.4, 0.5) is 18.3 Å². The minimum atomic E-state index is -4.71. The smallest absolute Gasteiger partial charge is 0.436 e. The number of hydrogen-bond donors (Lipinski definition) is 1. The summed E-state index contributed by atoms with van der Waals surface area (Å²) in [5.41, 5.74) is -0.535. The highest BCUT2D eigenvalue weighted by Crippen LogP contribution is 2.47. The first-order chi connectivity index (χ1) is 13.6. The van der Waals surface area contributed by atoms with E-state index in [1.54, 1.807) is 12.3 Å². The van der Waals surface area contributed by atoms with Crippen molar-refractivity contribution in [1.29, 1.82) is 0 Å². The number of nitrogens with zero attached hydrogens (tertiary/aromatic N) is 3. The maximum absolute atomic E-state index is 13.2. The molecule has 1 saturated carbocycles. The fourth-order valence-corrected chi connectivity index (χ4v) is 3.85. The number of hydrogen-bond acceptors (Lipinski definition) is 6. The highest BCUT2D eigenvalue weighted by Gasteiger charge is 2.43. The van der Waals surface area contributed by atoms with E-state index in [0.717, 1.165) is 16.0 Å². The molecule has 2 aromatic heterocycles. The van der Waals surface area contributed by atoms with Crippen molar-refractivity contribution in [1.82, 2.24) is 14.8 Å². The monoisotopic (exact) mass is 450 g/mol. The number of halogens is 4. The van der Waals surface area contributed by atoms with Crippen LogP contribution in [0.5, 0.6) is 0 Å². The minimum Gasteiger partial charge on any atom is -0.466 e. The van der Waals surface area contributed by atoms with E-state index >= 15 is 0 Å². The van der Waals surface area contributed by atoms with E-state index in [9.17, 15) is 22.8 Å². The number of aromatic nitrogens is 3. The SMILES string of the molecule is CCOC(=O)Cc1csc(NC(=O)C(C)n2nc(C(F)(F)F)c(Cl)c2C2CC2)n1. The molecule has 158 valence electrons. The van der Waals surface area contributed by atoms with Gasteiger partial charge in [0.2, 0.25) is 0 Å². The molecule has 1 atom stereocenters. The van der Waals surface area contributed by atoms with Crippen LogP contribution >= 0.6 is 22.9 Å². The van der Waals surface area contributed by atoms with Crippen molar-refractivity contribution >= 4 is 39.9 Å². The third-order valence-electron chi connectivity index (χ3n) is 4.28. The Bertz CT molecular complexity index is 924. The molecule has 1 fully saturated rings. The Kier molecular flexibility index (Phi) is 6.18. The first kappa shape index (κ1) is 21.6. The molecule has 0 radical (unpaired) electrons. The third-order valence-corrected chi connectivity index (χ3v) is 5.46. The molecule has 1 amide bonds. The lowest BCUT2D eigenvalue weighted by atomic mass is 10.2. The lowest BCUT2D eigenvalue weighted by molar-refractivity contribution is -0.142. The predicted octanol–water partition coefficient (Wildman–Crippen LogP) is 4.19. The second-order valence-corrected chi connectivity index (χ2v) is 7.79. The van der Waals surface area contributed by atoms with E-state index in [0.29, 0.717) is 18.5 Å². The average molecular weight is 451 g/mol. The number of thiazole rings is 1. The highest BCUT2D eigenvalue weighted by atomic mass is 35.5. The van der Waals surface area contributed by atoms with Gasteiger partial charge in [-0.15, -0.1) is 11.3 Å². The Morgan fingerprint density at radius 1 is 1.45 bits per heavy atom. The Morgan fingerprint density at radius 2 is 2.14 bits per heavy atom. The molecule has 3 rings (SSSR count). The third kappa shape index (κ3) is 4.89. The number of esters is 1. The van der Waals surface area contributed by atoms with Gasteiger partial charge in [-0.05, 0) is 26.7 Å². The summed E-state index contributed by atoms with van der Waals surface area (Å²) in [6, 6.07) is -1.03. The zero-order chi connectivity index (χ0) is 21.3. The second kappa shape index (κ2) is 8.31. The zero-order valence-electron chi connectivity index (χ0n) is 15.5. The molecule has 1 N–H and O–H groups in total. The summed E-state index contributed by atoms with van der Waals surface area (Å²) in [4.78, 5) is 28.2. The molecule has 0 aliphatic heterocycles. The van der Waals surface area contributed by atoms with E-state index in [1.807, 2.05) is 0 Å². The summed E-state index contributed by atoms with van der Waals surface area (Å²) in [5, 5.41) is 7.51. The van der Waals surface area contributed by atoms with Gasteiger partial charge >= 0.3 is 12.1 Å². The molecule has 0 spiro atoms. The summed E-state index contributed by atoms with van der Waals surface area (Å²) in [6.07, 6.45) is -3.35. The molecule has 1 aliphatic carbocycles. The first-order valence-electron chi connectivity index (χ1n) is 8.87. The number of rotatable bonds is 7. The van der Waals surface area contributed by atoms with Crippen molar-refractivity contribution in [3.05, 3.63) is 27.5 Å². The Labute approximate surface area is 173 Å². The van der Waals surface area contributed by atoms with Crippen LogP contribution < -0.4 is 5.32 Å². The van der Waals surface area contributed by atoms with Crippen molar-refractivity contribution in [3.63, 3.8) is 0 Å². The van der Waals surface area contributed by atoms with Crippen LogP contribution in [0.1, 0.15) is 55.7 Å². The molecule has 0 saturated heterocycles. The molecule has 0 bridgehead atoms. The number of carbonyl (C=O) groups excluding carboxylic acids is 2. The van der Waals surface area contributed by atoms with Gasteiger partial charge in [0.1, 0.15) is 6.04 Å². The van der Waals surface area contributed by atoms with Gasteiger partial charge < -0.3 is 10.1 Å². The van der Waals surface area contributed by atoms with Crippen LogP contribution in [0.15, 0.2) is 5.38 Å². The number of anilines is 1. The van der Waals surface area contributed by atoms with Gasteiger partial charge in [0.05, 0.1) is 29.4 Å². The van der Waals surface area contributed by atoms with Gasteiger partial charge in [0.25, 0.3) is 5.91 Å². The van der Waals surface area contributed by atoms with Crippen LogP contribution in [0.3, 0.4) is 0 Å². The summed E-state index contributed by atoms with van der Waals surface area (Å²) in [5.74, 6) is -1.17. The molecule has 2 heterocycles. The number of alkyl halides is 3. The minimum absolute atomic E-state index is 0.0364. The number of amides is 1. The zero-order valence-corrected chi connectivity index (χ0v) is 17.1. The van der Waals surface area contributed by atoms with Crippen LogP contribution in [0.2, 0.25) is 5.02 Å². The standard InChI is InChI=1S/C17H18ClF3N4O3S/c1-3-28-11(26)6-10-7-29-16(22-10)23-15(27)8(2)25-13(9-4-5-9)12(18)14(24-25)17(19,20)21/h7-9H,3-6H2,1-2H3,(H,22,23,27). The summed E-state index contributed by atoms with van der Waals surface area (Å²) in [6.45, 7) is 3.38. The molecule has 1 aliphatic rings. The first-order valence-corrected chi connectivity index (χ1v) is 10.1. The number of nitrogens with one attached hydrogen (secondary N) is 1. The highest BCUT2D eigenvalue weighted by molar-refractivity contribution is 7.13. The Morgan fingerprint density at radius 3 is 2.72 bits per heavy atom. The van der Waals surface area contributed by atoms with Gasteiger partial charge in [-0.3, -0.25) is 14.3 Å². The second-order valence-electron chi connectivity index (χ2n) is 6.56. The Balaban J connectivity index is 1.76. The molecule has 29 heavy (non-hydrogen) atoms. The van der Waals surface area contributed by atoms with E-state index in [2.05, 4.69) is 15.4 Å². The largest absolute Gasteiger partial charge is 0.466 e. The van der Waals surface area contributed by atoms with Gasteiger partial charge in [-0.25, -0.2) is 4.98 Å². The fraction of sp³-hybridized carbons (Fsp3) is 0.529. The van der Waals surface area contributed by atoms with Crippen molar-refractivity contribution < 1.29 is 27.5 Å². The average Bonchev–Trinajstić information content (AvgIpc) is 3.26. The van der Waals surface area contributed by atoms with Crippen molar-refractivity contribution in [3.8, 4) is 0 Å². The molecule has 1 unspecified atom stereocenters. The van der Waals surface area contributed by atoms with Gasteiger partial charge in [-0.2, -0.15) is 18.3 Å². The van der Waals surface area contributed by atoms with Gasteiger partial charge in [-0.1, -0.05) is 11.6 Å². The summed E-state index contributed by atoms with van der Waals surface area (Å²) >= 11 is 7.05. The van der Waals surface area contributed by atoms with E-state index in [1.165, 1.54) is 6.92 Å². The quantitative estimate of drug-likeness (QED) is 0.639. The predicted molar refractivity (Wildman–Crippen MR) is 100 cm³/mol. The summed E-state index contributed by atoms with van der Waals surface area (Å²) in [7, 11) is 0. The normalized spacial score (nSPS) is 15.2. The molecular formula is C17H18ClF3N4O3S. The maximum Gasteiger partial charge on any atom is 0.436 e. The van der Waals surface area contributed by atoms with Crippen molar-refractivity contribution in [2.24, 2.45) is 0 Å². The number of carbonyl (C=O) groups is 2. The van der Waals surface area contributed by atoms with Crippen molar-refractivity contribution in [2.45, 2.75) is 51.2 Å². The van der Waals surface area contributed by atoms with Crippen LogP contribution in [-0.4, -0.2) is 33.2 Å².